The lowest BCUT2D eigenvalue weighted by atomic mass is 9.81. The number of nitrogens with two attached hydrogens (primary N) is 1. The predicted octanol–water partition coefficient (Wildman–Crippen LogP) is 2.56. The largest absolute Gasteiger partial charge is 0.437 e. The third-order valence-corrected chi connectivity index (χ3v) is 4.39. The first-order valence-electron chi connectivity index (χ1n) is 6.09. The first-order chi connectivity index (χ1) is 9.22. The molecule has 4 nitrogen and oxygen atoms in total. The molecule has 2 aliphatic rings. The Hall–Kier alpha value is -2.06. The summed E-state index contributed by atoms with van der Waals surface area (Å²) in [6.45, 7) is 0. The minimum absolute atomic E-state index is 0.0113. The van der Waals surface area contributed by atoms with Crippen LogP contribution in [0.2, 0.25) is 0 Å². The molecule has 1 aromatic heterocycles. The van der Waals surface area contributed by atoms with Crippen molar-refractivity contribution >= 4 is 17.1 Å². The number of carbonyl (C=O) groups excluding carboxylic acids is 1. The first-order valence-corrected chi connectivity index (χ1v) is 6.97. The molecule has 96 valence electrons. The fourth-order valence-electron chi connectivity index (χ4n) is 2.61. The van der Waals surface area contributed by atoms with Crippen LogP contribution < -0.4 is 5.73 Å². The number of thiophene rings is 1. The number of nitrogens with zero attached hydrogens (tertiary/aromatic N) is 1. The molecule has 1 aliphatic carbocycles. The number of carbonyl (C=O) groups is 1. The molecule has 5 heteroatoms. The molecule has 0 saturated heterocycles. The number of nitriles is 1. The van der Waals surface area contributed by atoms with Gasteiger partial charge in [-0.1, -0.05) is 6.07 Å². The molecule has 2 heterocycles. The van der Waals surface area contributed by atoms with E-state index in [1.165, 1.54) is 0 Å². The van der Waals surface area contributed by atoms with Crippen molar-refractivity contribution in [2.24, 2.45) is 5.73 Å². The van der Waals surface area contributed by atoms with Gasteiger partial charge in [0, 0.05) is 11.3 Å². The Morgan fingerprint density at radius 3 is 3.00 bits per heavy atom. The van der Waals surface area contributed by atoms with Gasteiger partial charge in [0.15, 0.2) is 11.5 Å². The highest BCUT2D eigenvalue weighted by Crippen LogP contribution is 2.44. The third-order valence-electron chi connectivity index (χ3n) is 3.46. The zero-order valence-corrected chi connectivity index (χ0v) is 11.0. The highest BCUT2D eigenvalue weighted by atomic mass is 32.1. The Bertz CT molecular complexity index is 635. The monoisotopic (exact) mass is 272 g/mol. The van der Waals surface area contributed by atoms with Crippen molar-refractivity contribution in [2.45, 2.75) is 25.2 Å². The van der Waals surface area contributed by atoms with Crippen LogP contribution in [0.4, 0.5) is 0 Å². The Morgan fingerprint density at radius 2 is 2.32 bits per heavy atom. The van der Waals surface area contributed by atoms with Crippen LogP contribution in [0.1, 0.15) is 30.1 Å². The normalized spacial score (nSPS) is 22.9. The number of Topliss-reactive ketones (excluding diaryl/α,β-unsaturated/α-hetero) is 1. The van der Waals surface area contributed by atoms with E-state index in [2.05, 4.69) is 6.07 Å². The lowest BCUT2D eigenvalue weighted by Gasteiger charge is -2.30. The average molecular weight is 272 g/mol. The van der Waals surface area contributed by atoms with E-state index in [1.807, 2.05) is 17.5 Å². The van der Waals surface area contributed by atoms with Crippen LogP contribution in [0.25, 0.3) is 0 Å². The summed E-state index contributed by atoms with van der Waals surface area (Å²) in [7, 11) is 0. The Kier molecular flexibility index (Phi) is 2.88. The highest BCUT2D eigenvalue weighted by Gasteiger charge is 2.37. The average Bonchev–Trinajstić information content (AvgIpc) is 2.92. The van der Waals surface area contributed by atoms with E-state index in [0.717, 1.165) is 23.3 Å². The van der Waals surface area contributed by atoms with Gasteiger partial charge in [-0.25, -0.2) is 0 Å². The first kappa shape index (κ1) is 12.0. The van der Waals surface area contributed by atoms with Gasteiger partial charge in [0.25, 0.3) is 0 Å². The van der Waals surface area contributed by atoms with Crippen LogP contribution in [0, 0.1) is 11.3 Å². The Balaban J connectivity index is 2.16. The maximum absolute atomic E-state index is 11.9. The number of hydrogen-bond donors (Lipinski definition) is 1. The van der Waals surface area contributed by atoms with Crippen LogP contribution in [0.3, 0.4) is 0 Å². The van der Waals surface area contributed by atoms with Crippen molar-refractivity contribution in [3.63, 3.8) is 0 Å². The number of allylic oxidation sites excluding steroid dienone is 3. The van der Waals surface area contributed by atoms with Crippen molar-refractivity contribution in [3.05, 3.63) is 45.2 Å². The van der Waals surface area contributed by atoms with Crippen molar-refractivity contribution in [1.82, 2.24) is 0 Å². The summed E-state index contributed by atoms with van der Waals surface area (Å²) in [4.78, 5) is 13.0. The molecule has 0 aromatic carbocycles. The molecular formula is C14H12N2O2S. The van der Waals surface area contributed by atoms with Crippen molar-refractivity contribution in [3.8, 4) is 6.07 Å². The molecular weight excluding hydrogens is 260 g/mol. The summed E-state index contributed by atoms with van der Waals surface area (Å²) in [5.41, 5.74) is 7.13. The molecule has 0 fully saturated rings. The predicted molar refractivity (Wildman–Crippen MR) is 70.9 cm³/mol. The molecule has 19 heavy (non-hydrogen) atoms. The van der Waals surface area contributed by atoms with E-state index in [1.54, 1.807) is 11.3 Å². The lowest BCUT2D eigenvalue weighted by Crippen LogP contribution is -2.26. The summed E-state index contributed by atoms with van der Waals surface area (Å²) in [6.07, 6.45) is 2.08. The summed E-state index contributed by atoms with van der Waals surface area (Å²) < 4.78 is 5.40. The fourth-order valence-corrected chi connectivity index (χ4v) is 3.48. The van der Waals surface area contributed by atoms with Gasteiger partial charge in [-0.2, -0.15) is 5.26 Å². The second-order valence-corrected chi connectivity index (χ2v) is 5.55. The molecule has 1 unspecified atom stereocenters. The quantitative estimate of drug-likeness (QED) is 0.852. The molecule has 0 spiro atoms. The summed E-state index contributed by atoms with van der Waals surface area (Å²) >= 11 is 1.57. The van der Waals surface area contributed by atoms with Crippen molar-refractivity contribution in [1.29, 1.82) is 5.26 Å². The molecule has 2 N–H and O–H groups in total. The van der Waals surface area contributed by atoms with E-state index in [9.17, 15) is 10.1 Å². The number of hydrogen-bond acceptors (Lipinski definition) is 5. The van der Waals surface area contributed by atoms with Crippen LogP contribution in [0.5, 0.6) is 0 Å². The number of ketones is 1. The molecule has 0 saturated carbocycles. The summed E-state index contributed by atoms with van der Waals surface area (Å²) in [5, 5.41) is 11.3. The van der Waals surface area contributed by atoms with Gasteiger partial charge in [-0.3, -0.25) is 4.79 Å². The van der Waals surface area contributed by atoms with Gasteiger partial charge in [0.2, 0.25) is 5.88 Å². The molecule has 1 atom stereocenters. The maximum Gasteiger partial charge on any atom is 0.205 e. The Morgan fingerprint density at radius 1 is 1.47 bits per heavy atom. The van der Waals surface area contributed by atoms with E-state index in [0.29, 0.717) is 17.8 Å². The molecule has 1 aromatic rings. The second-order valence-electron chi connectivity index (χ2n) is 4.57. The van der Waals surface area contributed by atoms with Gasteiger partial charge in [-0.15, -0.1) is 11.3 Å². The van der Waals surface area contributed by atoms with E-state index >= 15 is 0 Å². The van der Waals surface area contributed by atoms with E-state index < -0.39 is 0 Å². The van der Waals surface area contributed by atoms with Gasteiger partial charge in [-0.05, 0) is 29.9 Å². The van der Waals surface area contributed by atoms with E-state index in [-0.39, 0.29) is 17.6 Å². The maximum atomic E-state index is 11.9. The molecule has 1 aliphatic heterocycles. The molecule has 0 amide bonds. The van der Waals surface area contributed by atoms with Crippen molar-refractivity contribution < 1.29 is 9.53 Å². The van der Waals surface area contributed by atoms with Crippen LogP contribution in [0.15, 0.2) is 40.3 Å². The minimum atomic E-state index is -0.210. The summed E-state index contributed by atoms with van der Waals surface area (Å²) in [6, 6.07) is 6.03. The van der Waals surface area contributed by atoms with Crippen LogP contribution >= 0.6 is 11.3 Å². The van der Waals surface area contributed by atoms with Gasteiger partial charge >= 0.3 is 0 Å². The SMILES string of the molecule is N#CC1=C(N)OC2=C(CCCC2=O)C1c1cccs1. The standard InChI is InChI=1S/C14H12N2O2S/c15-7-9-12(11-5-2-6-19-11)8-3-1-4-10(17)13(8)18-14(9)16/h2,5-6,12H,1,3-4,16H2. The van der Waals surface area contributed by atoms with Crippen LogP contribution in [-0.4, -0.2) is 5.78 Å². The smallest absolute Gasteiger partial charge is 0.205 e. The zero-order valence-electron chi connectivity index (χ0n) is 10.2. The lowest BCUT2D eigenvalue weighted by molar-refractivity contribution is -0.119. The fraction of sp³-hybridized carbons (Fsp3) is 0.286. The Labute approximate surface area is 114 Å². The molecule has 0 radical (unpaired) electrons. The van der Waals surface area contributed by atoms with Gasteiger partial charge in [0.05, 0.1) is 5.92 Å². The van der Waals surface area contributed by atoms with Gasteiger partial charge < -0.3 is 10.5 Å². The summed E-state index contributed by atoms with van der Waals surface area (Å²) in [5.74, 6) is 0.205. The molecule has 0 bridgehead atoms. The number of rotatable bonds is 1. The third kappa shape index (κ3) is 1.85. The second kappa shape index (κ2) is 4.56. The van der Waals surface area contributed by atoms with Gasteiger partial charge in [0.1, 0.15) is 11.6 Å². The van der Waals surface area contributed by atoms with Crippen LogP contribution in [-0.2, 0) is 9.53 Å². The topological polar surface area (TPSA) is 76.1 Å². The molecule has 3 rings (SSSR count). The highest BCUT2D eigenvalue weighted by molar-refractivity contribution is 7.10. The van der Waals surface area contributed by atoms with E-state index in [4.69, 9.17) is 10.5 Å². The van der Waals surface area contributed by atoms with Crippen molar-refractivity contribution in [2.75, 3.05) is 0 Å². The number of ether oxygens (including phenoxy) is 1. The minimum Gasteiger partial charge on any atom is -0.437 e. The zero-order chi connectivity index (χ0) is 13.4.